The van der Waals surface area contributed by atoms with Crippen molar-refractivity contribution in [3.05, 3.63) is 29.3 Å². The molecule has 1 amide bonds. The van der Waals surface area contributed by atoms with Crippen molar-refractivity contribution in [3.8, 4) is 6.07 Å². The first kappa shape index (κ1) is 23.9. The van der Waals surface area contributed by atoms with Gasteiger partial charge in [-0.15, -0.1) is 0 Å². The van der Waals surface area contributed by atoms with Gasteiger partial charge in [0, 0.05) is 19.1 Å². The predicted octanol–water partition coefficient (Wildman–Crippen LogP) is 4.03. The molecule has 0 aromatic carbocycles. The molecule has 2 aromatic rings. The second-order valence-electron chi connectivity index (χ2n) is 9.11. The lowest BCUT2D eigenvalue weighted by molar-refractivity contribution is 0.0514. The van der Waals surface area contributed by atoms with Gasteiger partial charge in [-0.1, -0.05) is 0 Å². The van der Waals surface area contributed by atoms with Crippen LogP contribution in [0.5, 0.6) is 0 Å². The molecule has 3 rings (SSSR count). The van der Waals surface area contributed by atoms with Crippen molar-refractivity contribution in [1.29, 1.82) is 5.26 Å². The Bertz CT molecular complexity index is 956. The van der Waals surface area contributed by atoms with Crippen molar-refractivity contribution in [2.45, 2.75) is 71.6 Å². The van der Waals surface area contributed by atoms with E-state index < -0.39 is 5.60 Å². The van der Waals surface area contributed by atoms with Gasteiger partial charge in [0.2, 0.25) is 0 Å². The molecule has 2 heterocycles. The van der Waals surface area contributed by atoms with Crippen LogP contribution in [-0.4, -0.2) is 38.6 Å². The first-order valence-corrected chi connectivity index (χ1v) is 11.7. The number of carbonyl (C=O) groups is 1. The van der Waals surface area contributed by atoms with E-state index in [0.717, 1.165) is 42.1 Å². The Kier molecular flexibility index (Phi) is 7.99. The molecule has 0 saturated heterocycles. The van der Waals surface area contributed by atoms with Gasteiger partial charge >= 0.3 is 6.09 Å². The zero-order valence-electron chi connectivity index (χ0n) is 19.1. The SMILES string of the molecule is Cc1cc(Nc2nc(CNC3CCC(CNC(=O)OC(C)(C)C)CC3)cnc2C#N)sn1. The number of nitrogens with one attached hydrogen (secondary N) is 3. The average molecular weight is 458 g/mol. The van der Waals surface area contributed by atoms with Crippen molar-refractivity contribution < 1.29 is 9.53 Å². The quantitative estimate of drug-likeness (QED) is 0.569. The third kappa shape index (κ3) is 7.43. The summed E-state index contributed by atoms with van der Waals surface area (Å²) >= 11 is 1.33. The van der Waals surface area contributed by atoms with Gasteiger partial charge in [-0.3, -0.25) is 0 Å². The van der Waals surface area contributed by atoms with E-state index in [0.29, 0.717) is 30.9 Å². The van der Waals surface area contributed by atoms with E-state index in [1.54, 1.807) is 6.20 Å². The van der Waals surface area contributed by atoms with Crippen LogP contribution in [0.1, 0.15) is 63.5 Å². The van der Waals surface area contributed by atoms with E-state index in [1.807, 2.05) is 33.8 Å². The molecule has 0 unspecified atom stereocenters. The summed E-state index contributed by atoms with van der Waals surface area (Å²) in [5.74, 6) is 0.918. The molecule has 0 spiro atoms. The predicted molar refractivity (Wildman–Crippen MR) is 124 cm³/mol. The number of nitriles is 1. The minimum atomic E-state index is -0.477. The second kappa shape index (κ2) is 10.7. The van der Waals surface area contributed by atoms with Crippen LogP contribution in [0.2, 0.25) is 0 Å². The molecular formula is C22H31N7O2S. The fourth-order valence-corrected chi connectivity index (χ4v) is 4.24. The molecule has 9 nitrogen and oxygen atoms in total. The number of anilines is 2. The summed E-state index contributed by atoms with van der Waals surface area (Å²) in [6.45, 7) is 8.74. The Morgan fingerprint density at radius 2 is 2.06 bits per heavy atom. The molecule has 10 heteroatoms. The van der Waals surface area contributed by atoms with Crippen LogP contribution in [0.3, 0.4) is 0 Å². The van der Waals surface area contributed by atoms with Gasteiger partial charge in [0.25, 0.3) is 0 Å². The molecule has 0 atom stereocenters. The zero-order valence-corrected chi connectivity index (χ0v) is 19.9. The zero-order chi connectivity index (χ0) is 23.1. The van der Waals surface area contributed by atoms with Crippen LogP contribution in [0.15, 0.2) is 12.3 Å². The van der Waals surface area contributed by atoms with Crippen LogP contribution in [0.4, 0.5) is 15.6 Å². The fraction of sp³-hybridized carbons (Fsp3) is 0.591. The Hall–Kier alpha value is -2.77. The monoisotopic (exact) mass is 457 g/mol. The highest BCUT2D eigenvalue weighted by molar-refractivity contribution is 7.10. The van der Waals surface area contributed by atoms with Crippen LogP contribution >= 0.6 is 11.5 Å². The van der Waals surface area contributed by atoms with Gasteiger partial charge in [-0.25, -0.2) is 14.8 Å². The Labute approximate surface area is 193 Å². The van der Waals surface area contributed by atoms with E-state index in [2.05, 4.69) is 36.4 Å². The van der Waals surface area contributed by atoms with Crippen molar-refractivity contribution >= 4 is 28.4 Å². The number of rotatable bonds is 7. The summed E-state index contributed by atoms with van der Waals surface area (Å²) in [7, 11) is 0. The summed E-state index contributed by atoms with van der Waals surface area (Å²) in [6, 6.07) is 4.39. The first-order valence-electron chi connectivity index (χ1n) is 10.9. The number of aryl methyl sites for hydroxylation is 1. The lowest BCUT2D eigenvalue weighted by Gasteiger charge is -2.29. The first-order chi connectivity index (χ1) is 15.2. The van der Waals surface area contributed by atoms with Gasteiger partial charge in [-0.2, -0.15) is 9.64 Å². The minimum Gasteiger partial charge on any atom is -0.444 e. The topological polar surface area (TPSA) is 125 Å². The minimum absolute atomic E-state index is 0.262. The average Bonchev–Trinajstić information content (AvgIpc) is 3.15. The third-order valence-electron chi connectivity index (χ3n) is 5.15. The van der Waals surface area contributed by atoms with Crippen LogP contribution < -0.4 is 16.0 Å². The highest BCUT2D eigenvalue weighted by atomic mass is 32.1. The van der Waals surface area contributed by atoms with Gasteiger partial charge in [0.1, 0.15) is 16.7 Å². The second-order valence-corrected chi connectivity index (χ2v) is 9.91. The van der Waals surface area contributed by atoms with E-state index in [4.69, 9.17) is 4.74 Å². The van der Waals surface area contributed by atoms with Crippen molar-refractivity contribution in [1.82, 2.24) is 25.0 Å². The van der Waals surface area contributed by atoms with Crippen molar-refractivity contribution in [3.63, 3.8) is 0 Å². The maximum atomic E-state index is 11.8. The van der Waals surface area contributed by atoms with Crippen molar-refractivity contribution in [2.24, 2.45) is 5.92 Å². The molecule has 1 aliphatic carbocycles. The number of carbonyl (C=O) groups excluding carboxylic acids is 1. The summed E-state index contributed by atoms with van der Waals surface area (Å²) in [6.07, 6.45) is 5.46. The largest absolute Gasteiger partial charge is 0.444 e. The molecule has 0 radical (unpaired) electrons. The van der Waals surface area contributed by atoms with E-state index >= 15 is 0 Å². The standard InChI is InChI=1S/C22H31N7O2S/c1-14-9-19(32-29-14)28-20-18(10-23)25-13-17(27-20)12-24-16-7-5-15(6-8-16)11-26-21(30)31-22(2,3)4/h9,13,15-16,24H,5-8,11-12H2,1-4H3,(H,26,30)(H,27,28). The van der Waals surface area contributed by atoms with Gasteiger partial charge in [-0.05, 0) is 76.9 Å². The summed E-state index contributed by atoms with van der Waals surface area (Å²) in [5.41, 5.74) is 1.48. The third-order valence-corrected chi connectivity index (χ3v) is 5.95. The molecule has 2 aromatic heterocycles. The number of alkyl carbamates (subject to hydrolysis) is 1. The maximum absolute atomic E-state index is 11.8. The highest BCUT2D eigenvalue weighted by Crippen LogP contribution is 2.25. The van der Waals surface area contributed by atoms with Crippen LogP contribution in [0, 0.1) is 24.2 Å². The highest BCUT2D eigenvalue weighted by Gasteiger charge is 2.23. The van der Waals surface area contributed by atoms with E-state index in [9.17, 15) is 10.1 Å². The van der Waals surface area contributed by atoms with Gasteiger partial charge in [0.15, 0.2) is 11.5 Å². The van der Waals surface area contributed by atoms with Gasteiger partial charge < -0.3 is 20.7 Å². The van der Waals surface area contributed by atoms with Crippen LogP contribution in [0.25, 0.3) is 0 Å². The summed E-state index contributed by atoms with van der Waals surface area (Å²) in [4.78, 5) is 20.7. The molecule has 1 aliphatic rings. The number of aromatic nitrogens is 3. The Balaban J connectivity index is 1.45. The number of nitrogens with zero attached hydrogens (tertiary/aromatic N) is 4. The number of ether oxygens (including phenoxy) is 1. The Morgan fingerprint density at radius 1 is 1.31 bits per heavy atom. The molecular weight excluding hydrogens is 426 g/mol. The van der Waals surface area contributed by atoms with Crippen molar-refractivity contribution in [2.75, 3.05) is 11.9 Å². The lowest BCUT2D eigenvalue weighted by atomic mass is 9.86. The molecule has 0 aliphatic heterocycles. The Morgan fingerprint density at radius 3 is 2.69 bits per heavy atom. The maximum Gasteiger partial charge on any atom is 0.407 e. The molecule has 3 N–H and O–H groups in total. The molecule has 1 saturated carbocycles. The van der Waals surface area contributed by atoms with Crippen LogP contribution in [-0.2, 0) is 11.3 Å². The van der Waals surface area contributed by atoms with Gasteiger partial charge in [0.05, 0.1) is 17.6 Å². The molecule has 0 bridgehead atoms. The number of hydrogen-bond acceptors (Lipinski definition) is 9. The van der Waals surface area contributed by atoms with E-state index in [-0.39, 0.29) is 11.8 Å². The summed E-state index contributed by atoms with van der Waals surface area (Å²) < 4.78 is 9.54. The summed E-state index contributed by atoms with van der Waals surface area (Å²) in [5, 5.41) is 19.7. The normalized spacial score (nSPS) is 18.6. The number of amides is 1. The molecule has 32 heavy (non-hydrogen) atoms. The molecule has 172 valence electrons. The smallest absolute Gasteiger partial charge is 0.407 e. The number of hydrogen-bond donors (Lipinski definition) is 3. The molecule has 1 fully saturated rings. The fourth-order valence-electron chi connectivity index (χ4n) is 3.58. The van der Waals surface area contributed by atoms with E-state index in [1.165, 1.54) is 11.5 Å². The lowest BCUT2D eigenvalue weighted by Crippen LogP contribution is -2.38.